The SMILES string of the molecule is CCOC(=O)C1C(C)NC(C)C(C(=O)OCC)C1C1CCCCC1. The topological polar surface area (TPSA) is 64.6 Å². The molecule has 24 heavy (non-hydrogen) atoms. The van der Waals surface area contributed by atoms with Crippen molar-refractivity contribution >= 4 is 11.9 Å². The Morgan fingerprint density at radius 3 is 1.75 bits per heavy atom. The minimum absolute atomic E-state index is 0.00894. The van der Waals surface area contributed by atoms with Crippen molar-refractivity contribution in [2.75, 3.05) is 13.2 Å². The number of hydrogen-bond donors (Lipinski definition) is 1. The first kappa shape index (κ1) is 19.2. The number of nitrogens with one attached hydrogen (secondary N) is 1. The van der Waals surface area contributed by atoms with Crippen LogP contribution in [0.15, 0.2) is 0 Å². The summed E-state index contributed by atoms with van der Waals surface area (Å²) in [7, 11) is 0. The van der Waals surface area contributed by atoms with Gasteiger partial charge in [-0.25, -0.2) is 0 Å². The van der Waals surface area contributed by atoms with Crippen LogP contribution in [-0.4, -0.2) is 37.2 Å². The van der Waals surface area contributed by atoms with Gasteiger partial charge in [-0.3, -0.25) is 9.59 Å². The van der Waals surface area contributed by atoms with Crippen molar-refractivity contribution in [3.05, 3.63) is 0 Å². The fourth-order valence-electron chi connectivity index (χ4n) is 4.82. The van der Waals surface area contributed by atoms with Gasteiger partial charge in [0.1, 0.15) is 0 Å². The van der Waals surface area contributed by atoms with E-state index in [2.05, 4.69) is 5.32 Å². The van der Waals surface area contributed by atoms with Gasteiger partial charge >= 0.3 is 11.9 Å². The Morgan fingerprint density at radius 2 is 1.33 bits per heavy atom. The largest absolute Gasteiger partial charge is 0.466 e. The Hall–Kier alpha value is -1.10. The van der Waals surface area contributed by atoms with Crippen molar-refractivity contribution in [3.63, 3.8) is 0 Å². The van der Waals surface area contributed by atoms with Crippen LogP contribution in [0.25, 0.3) is 0 Å². The summed E-state index contributed by atoms with van der Waals surface area (Å²) in [6.07, 6.45) is 5.80. The molecule has 138 valence electrons. The first-order chi connectivity index (χ1) is 11.5. The molecule has 0 aromatic rings. The monoisotopic (exact) mass is 339 g/mol. The minimum atomic E-state index is -0.279. The molecule has 2 aliphatic rings. The molecular formula is C19H33NO4. The minimum Gasteiger partial charge on any atom is -0.466 e. The van der Waals surface area contributed by atoms with E-state index in [0.717, 1.165) is 12.8 Å². The maximum absolute atomic E-state index is 12.7. The predicted molar refractivity (Wildman–Crippen MR) is 92.4 cm³/mol. The van der Waals surface area contributed by atoms with Crippen LogP contribution in [-0.2, 0) is 19.1 Å². The predicted octanol–water partition coefficient (Wildman–Crippen LogP) is 2.92. The fraction of sp³-hybridized carbons (Fsp3) is 0.895. The van der Waals surface area contributed by atoms with Crippen molar-refractivity contribution in [1.82, 2.24) is 5.32 Å². The van der Waals surface area contributed by atoms with Crippen molar-refractivity contribution in [2.45, 2.75) is 71.9 Å². The number of carbonyl (C=O) groups is 2. The van der Waals surface area contributed by atoms with E-state index in [9.17, 15) is 9.59 Å². The average molecular weight is 339 g/mol. The lowest BCUT2D eigenvalue weighted by Gasteiger charge is -2.47. The standard InChI is InChI=1S/C19H33NO4/c1-5-23-18(21)15-12(3)20-13(4)16(19(22)24-6-2)17(15)14-10-8-7-9-11-14/h12-17,20H,5-11H2,1-4H3. The Bertz CT molecular complexity index is 403. The van der Waals surface area contributed by atoms with E-state index in [1.807, 2.05) is 27.7 Å². The summed E-state index contributed by atoms with van der Waals surface area (Å²) >= 11 is 0. The second-order valence-corrected chi connectivity index (χ2v) is 7.28. The van der Waals surface area contributed by atoms with Gasteiger partial charge in [0, 0.05) is 12.1 Å². The lowest BCUT2D eigenvalue weighted by atomic mass is 9.62. The number of ether oxygens (including phenoxy) is 2. The lowest BCUT2D eigenvalue weighted by molar-refractivity contribution is -0.165. The van der Waals surface area contributed by atoms with Crippen molar-refractivity contribution in [2.24, 2.45) is 23.7 Å². The van der Waals surface area contributed by atoms with Crippen LogP contribution in [0.1, 0.15) is 59.8 Å². The van der Waals surface area contributed by atoms with Crippen LogP contribution in [0.2, 0.25) is 0 Å². The second-order valence-electron chi connectivity index (χ2n) is 7.28. The zero-order valence-electron chi connectivity index (χ0n) is 15.5. The van der Waals surface area contributed by atoms with E-state index in [1.165, 1.54) is 19.3 Å². The zero-order chi connectivity index (χ0) is 17.7. The van der Waals surface area contributed by atoms with Gasteiger partial charge in [-0.15, -0.1) is 0 Å². The highest BCUT2D eigenvalue weighted by Crippen LogP contribution is 2.44. The van der Waals surface area contributed by atoms with E-state index in [1.54, 1.807) is 0 Å². The number of rotatable bonds is 5. The highest BCUT2D eigenvalue weighted by atomic mass is 16.5. The summed E-state index contributed by atoms with van der Waals surface area (Å²) in [5.41, 5.74) is 0. The molecule has 5 nitrogen and oxygen atoms in total. The van der Waals surface area contributed by atoms with Gasteiger partial charge in [0.05, 0.1) is 25.0 Å². The molecule has 5 heteroatoms. The Balaban J connectivity index is 2.34. The molecule has 4 atom stereocenters. The highest BCUT2D eigenvalue weighted by molar-refractivity contribution is 5.78. The van der Waals surface area contributed by atoms with E-state index in [0.29, 0.717) is 19.1 Å². The zero-order valence-corrected chi connectivity index (χ0v) is 15.5. The van der Waals surface area contributed by atoms with Gasteiger partial charge in [-0.2, -0.15) is 0 Å². The van der Waals surface area contributed by atoms with E-state index in [4.69, 9.17) is 9.47 Å². The van der Waals surface area contributed by atoms with Crippen LogP contribution in [0, 0.1) is 23.7 Å². The molecule has 0 spiro atoms. The third kappa shape index (κ3) is 4.11. The molecular weight excluding hydrogens is 306 g/mol. The Labute approximate surface area is 145 Å². The number of piperidine rings is 1. The molecule has 1 N–H and O–H groups in total. The quantitative estimate of drug-likeness (QED) is 0.780. The number of hydrogen-bond acceptors (Lipinski definition) is 5. The third-order valence-electron chi connectivity index (χ3n) is 5.74. The van der Waals surface area contributed by atoms with Gasteiger partial charge in [0.25, 0.3) is 0 Å². The van der Waals surface area contributed by atoms with Crippen LogP contribution in [0.4, 0.5) is 0 Å². The summed E-state index contributed by atoms with van der Waals surface area (Å²) in [4.78, 5) is 25.4. The smallest absolute Gasteiger partial charge is 0.310 e. The van der Waals surface area contributed by atoms with Crippen molar-refractivity contribution < 1.29 is 19.1 Å². The molecule has 0 radical (unpaired) electrons. The molecule has 1 saturated carbocycles. The number of esters is 2. The Kier molecular flexibility index (Phi) is 7.08. The maximum atomic E-state index is 12.7. The summed E-state index contributed by atoms with van der Waals surface area (Å²) in [6.45, 7) is 8.49. The van der Waals surface area contributed by atoms with Crippen LogP contribution < -0.4 is 5.32 Å². The summed E-state index contributed by atoms with van der Waals surface area (Å²) in [5.74, 6) is -0.495. The van der Waals surface area contributed by atoms with Crippen molar-refractivity contribution in [3.8, 4) is 0 Å². The van der Waals surface area contributed by atoms with Crippen molar-refractivity contribution in [1.29, 1.82) is 0 Å². The molecule has 2 rings (SSSR count). The van der Waals surface area contributed by atoms with Gasteiger partial charge in [-0.1, -0.05) is 32.1 Å². The normalized spacial score (nSPS) is 34.6. The van der Waals surface area contributed by atoms with Gasteiger partial charge in [0.2, 0.25) is 0 Å². The van der Waals surface area contributed by atoms with Crippen LogP contribution >= 0.6 is 0 Å². The lowest BCUT2D eigenvalue weighted by Crippen LogP contribution is -2.61. The second kappa shape index (κ2) is 8.84. The fourth-order valence-corrected chi connectivity index (χ4v) is 4.82. The summed E-state index contributed by atoms with van der Waals surface area (Å²) in [6, 6.07) is 0.0216. The van der Waals surface area contributed by atoms with E-state index >= 15 is 0 Å². The summed E-state index contributed by atoms with van der Waals surface area (Å²) < 4.78 is 10.7. The molecule has 1 heterocycles. The van der Waals surface area contributed by atoms with Gasteiger partial charge in [0.15, 0.2) is 0 Å². The Morgan fingerprint density at radius 1 is 0.875 bits per heavy atom. The maximum Gasteiger partial charge on any atom is 0.310 e. The molecule has 1 saturated heterocycles. The molecule has 1 aliphatic heterocycles. The molecule has 1 aliphatic carbocycles. The molecule has 0 amide bonds. The molecule has 0 aromatic carbocycles. The summed E-state index contributed by atoms with van der Waals surface area (Å²) in [5, 5.41) is 3.43. The molecule has 4 unspecified atom stereocenters. The van der Waals surface area contributed by atoms with Crippen LogP contribution in [0.3, 0.4) is 0 Å². The number of carbonyl (C=O) groups excluding carboxylic acids is 2. The molecule has 0 bridgehead atoms. The van der Waals surface area contributed by atoms with Gasteiger partial charge in [-0.05, 0) is 39.5 Å². The first-order valence-corrected chi connectivity index (χ1v) is 9.60. The van der Waals surface area contributed by atoms with Gasteiger partial charge < -0.3 is 14.8 Å². The third-order valence-corrected chi connectivity index (χ3v) is 5.74. The molecule has 2 fully saturated rings. The first-order valence-electron chi connectivity index (χ1n) is 9.60. The highest BCUT2D eigenvalue weighted by Gasteiger charge is 2.51. The van der Waals surface area contributed by atoms with E-state index in [-0.39, 0.29) is 41.8 Å². The van der Waals surface area contributed by atoms with Crippen LogP contribution in [0.5, 0.6) is 0 Å². The van der Waals surface area contributed by atoms with E-state index < -0.39 is 0 Å². The molecule has 0 aromatic heterocycles. The average Bonchev–Trinajstić information content (AvgIpc) is 2.55.